The van der Waals surface area contributed by atoms with Crippen molar-refractivity contribution >= 4 is 33.2 Å². The van der Waals surface area contributed by atoms with E-state index in [0.29, 0.717) is 33.9 Å². The lowest BCUT2D eigenvalue weighted by Crippen LogP contribution is -2.54. The summed E-state index contributed by atoms with van der Waals surface area (Å²) in [5.74, 6) is 2.08. The van der Waals surface area contributed by atoms with Gasteiger partial charge in [0, 0.05) is 35.0 Å². The van der Waals surface area contributed by atoms with Crippen molar-refractivity contribution < 1.29 is 9.26 Å². The maximum atomic E-state index is 10.1. The number of likely N-dealkylation sites (N-methyl/N-ethyl adjacent to an activating group) is 1. The van der Waals surface area contributed by atoms with Crippen LogP contribution in [0.2, 0.25) is 0 Å². The maximum Gasteiger partial charge on any atom is 0.186 e. The minimum absolute atomic E-state index is 0.188. The van der Waals surface area contributed by atoms with Crippen LogP contribution >= 0.6 is 11.3 Å². The molecule has 3 fully saturated rings. The Morgan fingerprint density at radius 3 is 2.73 bits per heavy atom. The van der Waals surface area contributed by atoms with Crippen molar-refractivity contribution in [2.45, 2.75) is 84.2 Å². The molecule has 4 aromatic heterocycles. The molecule has 0 aliphatic carbocycles. The summed E-state index contributed by atoms with van der Waals surface area (Å²) in [7, 11) is 2.19. The largest absolute Gasteiger partial charge is 0.389 e. The van der Waals surface area contributed by atoms with Gasteiger partial charge in [0.1, 0.15) is 16.9 Å². The summed E-state index contributed by atoms with van der Waals surface area (Å²) < 4.78 is 13.9. The van der Waals surface area contributed by atoms with Crippen LogP contribution in [0.3, 0.4) is 0 Å². The van der Waals surface area contributed by atoms with Crippen LogP contribution in [-0.4, -0.2) is 75.7 Å². The quantitative estimate of drug-likeness (QED) is 0.234. The van der Waals surface area contributed by atoms with Crippen molar-refractivity contribution in [3.05, 3.63) is 22.2 Å². The van der Waals surface area contributed by atoms with Crippen LogP contribution in [0, 0.1) is 16.7 Å². The first-order valence-corrected chi connectivity index (χ1v) is 17.3. The molecule has 0 aromatic carbocycles. The molecule has 1 atom stereocenters. The molecule has 1 spiro atoms. The lowest BCUT2D eigenvalue weighted by Gasteiger charge is -2.48. The summed E-state index contributed by atoms with van der Waals surface area (Å²) in [6, 6.07) is 2.77. The van der Waals surface area contributed by atoms with Crippen LogP contribution < -0.4 is 10.6 Å². The summed E-state index contributed by atoms with van der Waals surface area (Å²) in [6.45, 7) is 9.63. The number of aromatic nitrogens is 5. The molecule has 238 valence electrons. The summed E-state index contributed by atoms with van der Waals surface area (Å²) >= 11 is 1.48. The molecule has 1 unspecified atom stereocenters. The van der Waals surface area contributed by atoms with Gasteiger partial charge in [-0.2, -0.15) is 10.4 Å². The smallest absolute Gasteiger partial charge is 0.186 e. The number of ether oxygens (including phenoxy) is 1. The van der Waals surface area contributed by atoms with E-state index in [-0.39, 0.29) is 5.41 Å². The molecule has 4 aromatic rings. The van der Waals surface area contributed by atoms with Gasteiger partial charge in [-0.15, -0.1) is 11.3 Å². The van der Waals surface area contributed by atoms with E-state index in [4.69, 9.17) is 30.1 Å². The molecule has 45 heavy (non-hydrogen) atoms. The number of rotatable bonds is 10. The molecule has 12 heteroatoms. The Labute approximate surface area is 268 Å². The molecular weight excluding hydrogens is 586 g/mol. The zero-order valence-electron chi connectivity index (χ0n) is 26.6. The Hall–Kier alpha value is -3.53. The van der Waals surface area contributed by atoms with Crippen molar-refractivity contribution in [3.8, 4) is 28.9 Å². The van der Waals surface area contributed by atoms with Crippen LogP contribution in [0.4, 0.5) is 10.8 Å². The van der Waals surface area contributed by atoms with Gasteiger partial charge in [-0.25, -0.2) is 14.6 Å². The normalized spacial score (nSPS) is 19.9. The zero-order valence-corrected chi connectivity index (χ0v) is 27.5. The first-order valence-electron chi connectivity index (χ1n) is 16.5. The number of fused-ring (bicyclic) bond motifs is 1. The number of nitrogens with two attached hydrogens (primary N) is 1. The second-order valence-electron chi connectivity index (χ2n) is 13.2. The van der Waals surface area contributed by atoms with Crippen LogP contribution in [0.1, 0.15) is 74.8 Å². The van der Waals surface area contributed by atoms with Crippen LogP contribution in [-0.2, 0) is 24.1 Å². The third kappa shape index (κ3) is 5.38. The average Bonchev–Trinajstić information content (AvgIpc) is 3.81. The first-order chi connectivity index (χ1) is 21.9. The summed E-state index contributed by atoms with van der Waals surface area (Å²) in [4.78, 5) is 16.3. The van der Waals surface area contributed by atoms with Gasteiger partial charge in [0.05, 0.1) is 42.5 Å². The number of likely N-dealkylation sites (tertiary alicyclic amines) is 1. The van der Waals surface area contributed by atoms with Gasteiger partial charge in [0.15, 0.2) is 22.9 Å². The van der Waals surface area contributed by atoms with E-state index in [9.17, 15) is 5.26 Å². The Bertz CT molecular complexity index is 1730. The highest BCUT2D eigenvalue weighted by Gasteiger charge is 2.43. The second-order valence-corrected chi connectivity index (χ2v) is 14.3. The van der Waals surface area contributed by atoms with Crippen molar-refractivity contribution in [3.63, 3.8) is 0 Å². The number of aryl methyl sites for hydroxylation is 1. The number of thiophene rings is 1. The monoisotopic (exact) mass is 629 g/mol. The summed E-state index contributed by atoms with van der Waals surface area (Å²) in [6.07, 6.45) is 11.0. The Kier molecular flexibility index (Phi) is 8.27. The highest BCUT2D eigenvalue weighted by Crippen LogP contribution is 2.44. The fourth-order valence-corrected chi connectivity index (χ4v) is 8.48. The number of nitrogens with zero attached hydrogens (tertiary/aromatic N) is 8. The van der Waals surface area contributed by atoms with E-state index in [2.05, 4.69) is 46.6 Å². The van der Waals surface area contributed by atoms with E-state index < -0.39 is 0 Å². The highest BCUT2D eigenvalue weighted by molar-refractivity contribution is 7.16. The van der Waals surface area contributed by atoms with Crippen LogP contribution in [0.5, 0.6) is 0 Å². The first kappa shape index (κ1) is 30.1. The van der Waals surface area contributed by atoms with E-state index in [1.807, 2.05) is 6.20 Å². The van der Waals surface area contributed by atoms with Gasteiger partial charge in [-0.1, -0.05) is 31.8 Å². The molecule has 7 rings (SSSR count). The number of anilines is 2. The second kappa shape index (κ2) is 12.3. The van der Waals surface area contributed by atoms with E-state index in [0.717, 1.165) is 117 Å². The minimum atomic E-state index is 0.188. The number of hydrogen-bond donors (Lipinski definition) is 1. The third-order valence-corrected chi connectivity index (χ3v) is 11.0. The number of nitriles is 1. The SMILES string of the molecule is CCCCc1c(-c2nc(N3CCCC4(COC4)C3)c3cnn(CC4CCCN4C)c3n2)noc1-c1c(CCC)sc(N)c1C#N. The van der Waals surface area contributed by atoms with Crippen molar-refractivity contribution in [1.82, 2.24) is 29.8 Å². The lowest BCUT2D eigenvalue weighted by molar-refractivity contribution is -0.117. The third-order valence-electron chi connectivity index (χ3n) is 9.91. The van der Waals surface area contributed by atoms with Crippen molar-refractivity contribution in [2.75, 3.05) is 50.5 Å². The van der Waals surface area contributed by atoms with E-state index in [1.165, 1.54) is 24.2 Å². The maximum absolute atomic E-state index is 10.1. The van der Waals surface area contributed by atoms with Crippen molar-refractivity contribution in [2.24, 2.45) is 5.41 Å². The fourth-order valence-electron chi connectivity index (χ4n) is 7.36. The van der Waals surface area contributed by atoms with Crippen LogP contribution in [0.25, 0.3) is 33.9 Å². The highest BCUT2D eigenvalue weighted by atomic mass is 32.1. The molecule has 7 heterocycles. The standard InChI is InChI=1S/C33H43N9O2S/c1-4-6-11-22-27(39-44-28(22)26-23(15-34)29(35)45-25(26)9-5-2)30-37-31(41-14-8-12-33(18-41)19-43-20-33)24-16-36-42(32(24)38-30)17-21-10-7-13-40(21)3/h16,21H,4-14,17-20,35H2,1-3H3. The zero-order chi connectivity index (χ0) is 31.1. The van der Waals surface area contributed by atoms with Gasteiger partial charge in [0.2, 0.25) is 0 Å². The molecule has 3 saturated heterocycles. The molecule has 3 aliphatic rings. The predicted octanol–water partition coefficient (Wildman–Crippen LogP) is 5.67. The molecular formula is C33H43N9O2S. The van der Waals surface area contributed by atoms with Gasteiger partial charge in [-0.05, 0) is 58.5 Å². The topological polar surface area (TPSA) is 135 Å². The Morgan fingerprint density at radius 1 is 1.16 bits per heavy atom. The van der Waals surface area contributed by atoms with Crippen LogP contribution in [0.15, 0.2) is 10.7 Å². The van der Waals surface area contributed by atoms with Gasteiger partial charge in [0.25, 0.3) is 0 Å². The summed E-state index contributed by atoms with van der Waals surface area (Å²) in [5.41, 5.74) is 10.2. The molecule has 3 aliphatic heterocycles. The number of hydrogen-bond acceptors (Lipinski definition) is 11. The molecule has 11 nitrogen and oxygen atoms in total. The number of unbranched alkanes of at least 4 members (excludes halogenated alkanes) is 1. The van der Waals surface area contributed by atoms with Gasteiger partial charge >= 0.3 is 0 Å². The number of nitrogen functional groups attached to an aromatic ring is 1. The average molecular weight is 630 g/mol. The minimum Gasteiger partial charge on any atom is -0.389 e. The van der Waals surface area contributed by atoms with E-state index in [1.54, 1.807) is 0 Å². The molecule has 2 N–H and O–H groups in total. The van der Waals surface area contributed by atoms with Gasteiger partial charge in [-0.3, -0.25) is 0 Å². The predicted molar refractivity (Wildman–Crippen MR) is 176 cm³/mol. The molecule has 0 amide bonds. The molecule has 0 saturated carbocycles. The van der Waals surface area contributed by atoms with Gasteiger partial charge < -0.3 is 24.8 Å². The Morgan fingerprint density at radius 2 is 2.02 bits per heavy atom. The molecule has 0 bridgehead atoms. The fraction of sp³-hybridized carbons (Fsp3) is 0.606. The molecule has 0 radical (unpaired) electrons. The Balaban J connectivity index is 1.38. The van der Waals surface area contributed by atoms with E-state index >= 15 is 0 Å². The van der Waals surface area contributed by atoms with Crippen molar-refractivity contribution in [1.29, 1.82) is 5.26 Å². The number of piperidine rings is 1. The summed E-state index contributed by atoms with van der Waals surface area (Å²) in [5, 5.41) is 21.1. The lowest BCUT2D eigenvalue weighted by atomic mass is 9.78.